The minimum atomic E-state index is -0.512. The zero-order chi connectivity index (χ0) is 17.9. The summed E-state index contributed by atoms with van der Waals surface area (Å²) in [6.07, 6.45) is 8.64. The van der Waals surface area contributed by atoms with Crippen LogP contribution < -0.4 is 5.32 Å². The lowest BCUT2D eigenvalue weighted by Crippen LogP contribution is -2.04. The molecule has 0 radical (unpaired) electrons. The van der Waals surface area contributed by atoms with Crippen LogP contribution in [0.25, 0.3) is 11.0 Å². The molecule has 4 aromatic rings. The number of pyridine rings is 2. The summed E-state index contributed by atoms with van der Waals surface area (Å²) < 4.78 is 14.4. The van der Waals surface area contributed by atoms with Crippen LogP contribution in [0, 0.1) is 5.95 Å². The van der Waals surface area contributed by atoms with E-state index >= 15 is 0 Å². The standard InChI is InChI=1S/C18H14ClFN6/c19-15-9-21-4-3-12(15)6-23-16-2-1-11(17(20)26-16)5-13-7-24-18-14(13)8-22-10-25-18/h1-4,7-10H,5-6H2,(H,23,26)(H,22,24,25). The first-order valence-corrected chi connectivity index (χ1v) is 8.32. The number of nitrogens with one attached hydrogen (secondary N) is 2. The maximum atomic E-state index is 14.4. The van der Waals surface area contributed by atoms with Gasteiger partial charge in [0, 0.05) is 48.7 Å². The van der Waals surface area contributed by atoms with E-state index in [9.17, 15) is 4.39 Å². The van der Waals surface area contributed by atoms with Crippen LogP contribution in [0.4, 0.5) is 10.2 Å². The monoisotopic (exact) mass is 368 g/mol. The van der Waals surface area contributed by atoms with Crippen molar-refractivity contribution in [3.8, 4) is 0 Å². The zero-order valence-corrected chi connectivity index (χ0v) is 14.3. The highest BCUT2D eigenvalue weighted by atomic mass is 35.5. The van der Waals surface area contributed by atoms with Gasteiger partial charge in [0.05, 0.1) is 5.02 Å². The van der Waals surface area contributed by atoms with Crippen LogP contribution in [-0.4, -0.2) is 24.9 Å². The molecule has 0 unspecified atom stereocenters. The molecule has 26 heavy (non-hydrogen) atoms. The Labute approximate surface area is 153 Å². The first-order chi connectivity index (χ1) is 12.7. The minimum absolute atomic E-state index is 0.405. The average molecular weight is 369 g/mol. The Hall–Kier alpha value is -3.06. The van der Waals surface area contributed by atoms with E-state index < -0.39 is 5.95 Å². The van der Waals surface area contributed by atoms with Crippen molar-refractivity contribution in [2.24, 2.45) is 0 Å². The van der Waals surface area contributed by atoms with E-state index in [2.05, 4.69) is 30.2 Å². The normalized spacial score (nSPS) is 11.0. The van der Waals surface area contributed by atoms with Crippen molar-refractivity contribution in [2.45, 2.75) is 13.0 Å². The van der Waals surface area contributed by atoms with Gasteiger partial charge in [-0.05, 0) is 23.3 Å². The SMILES string of the molecule is Fc1nc(NCc2ccncc2Cl)ccc1Cc1c[nH]c2ncncc12. The van der Waals surface area contributed by atoms with Crippen LogP contribution in [0.1, 0.15) is 16.7 Å². The number of rotatable bonds is 5. The lowest BCUT2D eigenvalue weighted by Gasteiger charge is -2.09. The topological polar surface area (TPSA) is 79.4 Å². The third-order valence-electron chi connectivity index (χ3n) is 4.06. The van der Waals surface area contributed by atoms with Crippen molar-refractivity contribution in [1.82, 2.24) is 24.9 Å². The van der Waals surface area contributed by atoms with E-state index in [4.69, 9.17) is 11.6 Å². The molecule has 0 amide bonds. The van der Waals surface area contributed by atoms with Crippen molar-refractivity contribution in [2.75, 3.05) is 5.32 Å². The van der Waals surface area contributed by atoms with Crippen LogP contribution in [-0.2, 0) is 13.0 Å². The number of aromatic nitrogens is 5. The van der Waals surface area contributed by atoms with Gasteiger partial charge >= 0.3 is 0 Å². The van der Waals surface area contributed by atoms with Crippen LogP contribution >= 0.6 is 11.6 Å². The zero-order valence-electron chi connectivity index (χ0n) is 13.6. The van der Waals surface area contributed by atoms with Gasteiger partial charge in [0.1, 0.15) is 17.8 Å². The summed E-state index contributed by atoms with van der Waals surface area (Å²) >= 11 is 6.06. The highest BCUT2D eigenvalue weighted by Crippen LogP contribution is 2.21. The van der Waals surface area contributed by atoms with E-state index in [1.54, 1.807) is 36.8 Å². The first kappa shape index (κ1) is 16.4. The average Bonchev–Trinajstić information content (AvgIpc) is 3.06. The third-order valence-corrected chi connectivity index (χ3v) is 4.40. The van der Waals surface area contributed by atoms with Gasteiger partial charge in [-0.3, -0.25) is 4.98 Å². The fourth-order valence-electron chi connectivity index (χ4n) is 2.69. The number of halogens is 2. The third kappa shape index (κ3) is 3.34. The predicted octanol–water partition coefficient (Wildman–Crippen LogP) is 3.74. The number of hydrogen-bond acceptors (Lipinski definition) is 5. The lowest BCUT2D eigenvalue weighted by molar-refractivity contribution is 0.571. The largest absolute Gasteiger partial charge is 0.366 e. The molecule has 0 aliphatic carbocycles. The summed E-state index contributed by atoms with van der Waals surface area (Å²) in [7, 11) is 0. The molecule has 0 aromatic carbocycles. The second-order valence-electron chi connectivity index (χ2n) is 5.74. The van der Waals surface area contributed by atoms with Gasteiger partial charge in [-0.1, -0.05) is 17.7 Å². The Balaban J connectivity index is 1.50. The smallest absolute Gasteiger partial charge is 0.218 e. The van der Waals surface area contributed by atoms with Crippen LogP contribution in [0.15, 0.2) is 49.3 Å². The molecular weight excluding hydrogens is 355 g/mol. The lowest BCUT2D eigenvalue weighted by atomic mass is 10.1. The minimum Gasteiger partial charge on any atom is -0.366 e. The van der Waals surface area contributed by atoms with Gasteiger partial charge in [-0.2, -0.15) is 4.39 Å². The van der Waals surface area contributed by atoms with Crippen molar-refractivity contribution >= 4 is 28.5 Å². The van der Waals surface area contributed by atoms with Gasteiger partial charge in [-0.15, -0.1) is 0 Å². The summed E-state index contributed by atoms with van der Waals surface area (Å²) in [6, 6.07) is 5.28. The summed E-state index contributed by atoms with van der Waals surface area (Å²) in [5.74, 6) is -0.0663. The van der Waals surface area contributed by atoms with Crippen LogP contribution in [0.2, 0.25) is 5.02 Å². The molecule has 4 rings (SSSR count). The van der Waals surface area contributed by atoms with Gasteiger partial charge < -0.3 is 10.3 Å². The maximum Gasteiger partial charge on any atom is 0.218 e. The molecule has 0 aliphatic heterocycles. The summed E-state index contributed by atoms with van der Waals surface area (Å²) in [4.78, 5) is 19.2. The van der Waals surface area contributed by atoms with E-state index in [-0.39, 0.29) is 0 Å². The molecule has 6 nitrogen and oxygen atoms in total. The molecule has 0 bridgehead atoms. The second kappa shape index (κ2) is 7.05. The maximum absolute atomic E-state index is 14.4. The number of H-pyrrole nitrogens is 1. The number of anilines is 1. The van der Waals surface area contributed by atoms with Crippen molar-refractivity contribution < 1.29 is 4.39 Å². The molecule has 0 saturated heterocycles. The summed E-state index contributed by atoms with van der Waals surface area (Å²) in [6.45, 7) is 0.437. The van der Waals surface area contributed by atoms with Crippen LogP contribution in [0.3, 0.4) is 0 Å². The molecule has 0 atom stereocenters. The van der Waals surface area contributed by atoms with Crippen molar-refractivity contribution in [3.63, 3.8) is 0 Å². The van der Waals surface area contributed by atoms with Crippen LogP contribution in [0.5, 0.6) is 0 Å². The highest BCUT2D eigenvalue weighted by Gasteiger charge is 2.11. The molecule has 4 heterocycles. The molecule has 130 valence electrons. The quantitative estimate of drug-likeness (QED) is 0.524. The Morgan fingerprint density at radius 3 is 2.85 bits per heavy atom. The fourth-order valence-corrected chi connectivity index (χ4v) is 2.88. The van der Waals surface area contributed by atoms with Gasteiger partial charge in [0.2, 0.25) is 5.95 Å². The van der Waals surface area contributed by atoms with E-state index in [0.717, 1.165) is 22.2 Å². The van der Waals surface area contributed by atoms with E-state index in [0.29, 0.717) is 29.4 Å². The Morgan fingerprint density at radius 2 is 2.00 bits per heavy atom. The number of fused-ring (bicyclic) bond motifs is 1. The van der Waals surface area contributed by atoms with Crippen molar-refractivity contribution in [3.05, 3.63) is 77.0 Å². The predicted molar refractivity (Wildman–Crippen MR) is 97.5 cm³/mol. The number of nitrogens with zero attached hydrogens (tertiary/aromatic N) is 4. The molecule has 0 saturated carbocycles. The number of aromatic amines is 1. The fraction of sp³-hybridized carbons (Fsp3) is 0.111. The Bertz CT molecular complexity index is 1060. The van der Waals surface area contributed by atoms with Gasteiger partial charge in [0.15, 0.2) is 0 Å². The van der Waals surface area contributed by atoms with Gasteiger partial charge in [0.25, 0.3) is 0 Å². The van der Waals surface area contributed by atoms with E-state index in [1.807, 2.05) is 6.20 Å². The summed E-state index contributed by atoms with van der Waals surface area (Å²) in [5.41, 5.74) is 3.02. The Kier molecular flexibility index (Phi) is 4.45. The first-order valence-electron chi connectivity index (χ1n) is 7.94. The molecule has 4 aromatic heterocycles. The molecule has 2 N–H and O–H groups in total. The van der Waals surface area contributed by atoms with Crippen molar-refractivity contribution in [1.29, 1.82) is 0 Å². The number of hydrogen-bond donors (Lipinski definition) is 2. The second-order valence-corrected chi connectivity index (χ2v) is 6.15. The Morgan fingerprint density at radius 1 is 1.08 bits per heavy atom. The molecule has 0 aliphatic rings. The van der Waals surface area contributed by atoms with E-state index in [1.165, 1.54) is 6.33 Å². The summed E-state index contributed by atoms with van der Waals surface area (Å²) in [5, 5.41) is 4.50. The molecule has 0 fully saturated rings. The van der Waals surface area contributed by atoms with Gasteiger partial charge in [-0.25, -0.2) is 15.0 Å². The molecule has 8 heteroatoms. The highest BCUT2D eigenvalue weighted by molar-refractivity contribution is 6.31. The molecule has 0 spiro atoms. The molecular formula is C18H14ClFN6.